The first-order chi connectivity index (χ1) is 11.5. The minimum Gasteiger partial charge on any atom is -0.425 e. The molecule has 0 spiro atoms. The third kappa shape index (κ3) is 3.89. The minimum absolute atomic E-state index is 0.0639. The van der Waals surface area contributed by atoms with E-state index in [4.69, 9.17) is 27.9 Å². The molecule has 1 aliphatic heterocycles. The van der Waals surface area contributed by atoms with Gasteiger partial charge in [0.2, 0.25) is 5.91 Å². The van der Waals surface area contributed by atoms with Crippen LogP contribution in [0.3, 0.4) is 0 Å². The van der Waals surface area contributed by atoms with Crippen molar-refractivity contribution in [1.82, 2.24) is 0 Å². The summed E-state index contributed by atoms with van der Waals surface area (Å²) in [5.74, 6) is -0.463. The topological polar surface area (TPSA) is 55.4 Å². The van der Waals surface area contributed by atoms with Crippen LogP contribution in [0.15, 0.2) is 42.5 Å². The second-order valence-corrected chi connectivity index (χ2v) is 6.48. The number of amides is 1. The van der Waals surface area contributed by atoms with Crippen molar-refractivity contribution in [1.29, 1.82) is 0 Å². The first-order valence-electron chi connectivity index (χ1n) is 7.57. The van der Waals surface area contributed by atoms with Gasteiger partial charge >= 0.3 is 5.97 Å². The number of hydrogen-bond acceptors (Lipinski definition) is 3. The number of carbonyl (C=O) groups excluding carboxylic acids is 2. The molecule has 2 aromatic carbocycles. The normalized spacial score (nSPS) is 16.2. The Balaban J connectivity index is 1.57. The van der Waals surface area contributed by atoms with Gasteiger partial charge in [0, 0.05) is 23.0 Å². The van der Waals surface area contributed by atoms with Crippen LogP contribution in [-0.2, 0) is 16.0 Å². The van der Waals surface area contributed by atoms with Gasteiger partial charge in [0.25, 0.3) is 0 Å². The van der Waals surface area contributed by atoms with Crippen molar-refractivity contribution in [2.75, 3.05) is 5.32 Å². The molecule has 0 radical (unpaired) electrons. The molecule has 6 heteroatoms. The molecular formula is C18H15Cl2NO3. The van der Waals surface area contributed by atoms with Crippen LogP contribution in [0.25, 0.3) is 0 Å². The zero-order chi connectivity index (χ0) is 17.1. The summed E-state index contributed by atoms with van der Waals surface area (Å²) in [4.78, 5) is 24.1. The van der Waals surface area contributed by atoms with Gasteiger partial charge in [0.15, 0.2) is 0 Å². The number of halogens is 2. The minimum atomic E-state index is -0.425. The first-order valence-corrected chi connectivity index (χ1v) is 8.33. The van der Waals surface area contributed by atoms with Gasteiger partial charge in [-0.2, -0.15) is 0 Å². The molecule has 0 saturated heterocycles. The summed E-state index contributed by atoms with van der Waals surface area (Å²) in [5, 5.41) is 3.62. The summed E-state index contributed by atoms with van der Waals surface area (Å²) >= 11 is 11.8. The number of para-hydroxylation sites is 1. The Bertz CT molecular complexity index is 792. The van der Waals surface area contributed by atoms with Crippen molar-refractivity contribution in [3.63, 3.8) is 0 Å². The number of fused-ring (bicyclic) bond motifs is 1. The fourth-order valence-corrected chi connectivity index (χ4v) is 3.12. The largest absolute Gasteiger partial charge is 0.425 e. The number of rotatable bonds is 4. The Morgan fingerprint density at radius 1 is 1.21 bits per heavy atom. The molecule has 0 saturated carbocycles. The standard InChI is InChI=1S/C18H15Cl2NO3/c19-13-6-7-16(14(20)10-13)24-17(22)8-5-12-9-11-3-1-2-4-15(11)21-18(12)23/h1-4,6-7,10,12H,5,8-9H2,(H,21,23). The molecule has 3 rings (SSSR count). The second kappa shape index (κ2) is 7.24. The van der Waals surface area contributed by atoms with Gasteiger partial charge in [-0.15, -0.1) is 0 Å². The van der Waals surface area contributed by atoms with Crippen LogP contribution in [0.4, 0.5) is 5.69 Å². The van der Waals surface area contributed by atoms with Crippen molar-refractivity contribution >= 4 is 40.8 Å². The summed E-state index contributed by atoms with van der Waals surface area (Å²) < 4.78 is 5.23. The molecule has 1 atom stereocenters. The predicted octanol–water partition coefficient (Wildman–Crippen LogP) is 4.49. The van der Waals surface area contributed by atoms with E-state index in [0.717, 1.165) is 11.3 Å². The maximum atomic E-state index is 12.1. The molecule has 4 nitrogen and oxygen atoms in total. The second-order valence-electron chi connectivity index (χ2n) is 5.63. The van der Waals surface area contributed by atoms with E-state index in [1.807, 2.05) is 24.3 Å². The van der Waals surface area contributed by atoms with E-state index in [1.54, 1.807) is 12.1 Å². The lowest BCUT2D eigenvalue weighted by Crippen LogP contribution is -2.30. The number of nitrogens with one attached hydrogen (secondary N) is 1. The number of carbonyl (C=O) groups is 2. The molecule has 0 aliphatic carbocycles. The van der Waals surface area contributed by atoms with E-state index in [-0.39, 0.29) is 29.0 Å². The van der Waals surface area contributed by atoms with Crippen molar-refractivity contribution in [2.45, 2.75) is 19.3 Å². The van der Waals surface area contributed by atoms with Gasteiger partial charge in [0.05, 0.1) is 5.02 Å². The Morgan fingerprint density at radius 3 is 2.79 bits per heavy atom. The van der Waals surface area contributed by atoms with Gasteiger partial charge in [-0.25, -0.2) is 0 Å². The summed E-state index contributed by atoms with van der Waals surface area (Å²) in [6.45, 7) is 0. The fraction of sp³-hybridized carbons (Fsp3) is 0.222. The van der Waals surface area contributed by atoms with Crippen molar-refractivity contribution in [2.24, 2.45) is 5.92 Å². The van der Waals surface area contributed by atoms with Crippen LogP contribution in [0.1, 0.15) is 18.4 Å². The maximum absolute atomic E-state index is 12.1. The lowest BCUT2D eigenvalue weighted by atomic mass is 9.90. The number of ether oxygens (including phenoxy) is 1. The molecule has 1 heterocycles. The third-order valence-corrected chi connectivity index (χ3v) is 4.46. The summed E-state index contributed by atoms with van der Waals surface area (Å²) in [7, 11) is 0. The van der Waals surface area contributed by atoms with Crippen LogP contribution in [-0.4, -0.2) is 11.9 Å². The highest BCUT2D eigenvalue weighted by atomic mass is 35.5. The molecule has 24 heavy (non-hydrogen) atoms. The molecule has 2 aromatic rings. The van der Waals surface area contributed by atoms with Gasteiger partial charge in [0.1, 0.15) is 5.75 Å². The summed E-state index contributed by atoms with van der Waals surface area (Å²) in [5.41, 5.74) is 1.92. The SMILES string of the molecule is O=C(CCC1Cc2ccccc2NC1=O)Oc1ccc(Cl)cc1Cl. The smallest absolute Gasteiger partial charge is 0.311 e. The van der Waals surface area contributed by atoms with Gasteiger partial charge in [-0.05, 0) is 42.7 Å². The Morgan fingerprint density at radius 2 is 2.00 bits per heavy atom. The van der Waals surface area contributed by atoms with E-state index in [2.05, 4.69) is 5.32 Å². The third-order valence-electron chi connectivity index (χ3n) is 3.93. The van der Waals surface area contributed by atoms with Crippen LogP contribution >= 0.6 is 23.2 Å². The molecule has 1 amide bonds. The predicted molar refractivity (Wildman–Crippen MR) is 93.6 cm³/mol. The Hall–Kier alpha value is -2.04. The van der Waals surface area contributed by atoms with Crippen molar-refractivity contribution in [3.05, 3.63) is 58.1 Å². The lowest BCUT2D eigenvalue weighted by molar-refractivity contribution is -0.134. The van der Waals surface area contributed by atoms with Crippen LogP contribution in [0, 0.1) is 5.92 Å². The number of esters is 1. The molecule has 1 aliphatic rings. The molecular weight excluding hydrogens is 349 g/mol. The highest BCUT2D eigenvalue weighted by Crippen LogP contribution is 2.29. The van der Waals surface area contributed by atoms with E-state index < -0.39 is 5.97 Å². The fourth-order valence-electron chi connectivity index (χ4n) is 2.67. The molecule has 1 N–H and O–H groups in total. The zero-order valence-corrected chi connectivity index (χ0v) is 14.2. The summed E-state index contributed by atoms with van der Waals surface area (Å²) in [6, 6.07) is 12.3. The Labute approximate surface area is 149 Å². The monoisotopic (exact) mass is 363 g/mol. The van der Waals surface area contributed by atoms with Crippen molar-refractivity contribution in [3.8, 4) is 5.75 Å². The number of hydrogen-bond donors (Lipinski definition) is 1. The van der Waals surface area contributed by atoms with E-state index in [1.165, 1.54) is 6.07 Å². The first kappa shape index (κ1) is 16.8. The van der Waals surface area contributed by atoms with Gasteiger partial charge < -0.3 is 10.1 Å². The molecule has 1 unspecified atom stereocenters. The molecule has 0 fully saturated rings. The van der Waals surface area contributed by atoms with Gasteiger partial charge in [-0.1, -0.05) is 41.4 Å². The zero-order valence-electron chi connectivity index (χ0n) is 12.7. The summed E-state index contributed by atoms with van der Waals surface area (Å²) in [6.07, 6.45) is 1.18. The van der Waals surface area contributed by atoms with E-state index >= 15 is 0 Å². The number of anilines is 1. The molecule has 124 valence electrons. The van der Waals surface area contributed by atoms with Crippen molar-refractivity contribution < 1.29 is 14.3 Å². The quantitative estimate of drug-likeness (QED) is 0.642. The Kier molecular flexibility index (Phi) is 5.07. The highest BCUT2D eigenvalue weighted by molar-refractivity contribution is 6.35. The number of benzene rings is 2. The van der Waals surface area contributed by atoms with E-state index in [0.29, 0.717) is 17.9 Å². The molecule has 0 bridgehead atoms. The van der Waals surface area contributed by atoms with Gasteiger partial charge in [-0.3, -0.25) is 9.59 Å². The average Bonchev–Trinajstić information content (AvgIpc) is 2.55. The lowest BCUT2D eigenvalue weighted by Gasteiger charge is -2.24. The van der Waals surface area contributed by atoms with Crippen LogP contribution in [0.5, 0.6) is 5.75 Å². The maximum Gasteiger partial charge on any atom is 0.311 e. The van der Waals surface area contributed by atoms with Crippen LogP contribution < -0.4 is 10.1 Å². The highest BCUT2D eigenvalue weighted by Gasteiger charge is 2.26. The molecule has 0 aromatic heterocycles. The average molecular weight is 364 g/mol. The van der Waals surface area contributed by atoms with E-state index in [9.17, 15) is 9.59 Å². The van der Waals surface area contributed by atoms with Crippen LogP contribution in [0.2, 0.25) is 10.0 Å².